The van der Waals surface area contributed by atoms with Gasteiger partial charge >= 0.3 is 0 Å². The van der Waals surface area contributed by atoms with Gasteiger partial charge in [-0.3, -0.25) is 9.78 Å². The lowest BCUT2D eigenvalue weighted by Crippen LogP contribution is -2.32. The van der Waals surface area contributed by atoms with Crippen molar-refractivity contribution in [3.8, 4) is 11.3 Å². The number of nitrogens with one attached hydrogen (secondary N) is 2. The SMILES string of the molecule is Cc1cccc(NC(=O)CCN2C(=S)N[C@H](c3ccccn3)[C@H]2c2ccc(-c3ccc(Cl)cc3)o2)c1. The number of amides is 1. The zero-order chi connectivity index (χ0) is 25.1. The van der Waals surface area contributed by atoms with Crippen LogP contribution >= 0.6 is 23.8 Å². The van der Waals surface area contributed by atoms with Crippen LogP contribution in [0.5, 0.6) is 0 Å². The zero-order valence-corrected chi connectivity index (χ0v) is 21.2. The van der Waals surface area contributed by atoms with Gasteiger partial charge in [0.15, 0.2) is 5.11 Å². The number of halogens is 1. The van der Waals surface area contributed by atoms with Crippen LogP contribution in [0.15, 0.2) is 89.5 Å². The van der Waals surface area contributed by atoms with Gasteiger partial charge in [0, 0.05) is 35.4 Å². The predicted octanol–water partition coefficient (Wildman–Crippen LogP) is 6.30. The van der Waals surface area contributed by atoms with Crippen LogP contribution in [-0.4, -0.2) is 27.4 Å². The highest BCUT2D eigenvalue weighted by molar-refractivity contribution is 7.80. The van der Waals surface area contributed by atoms with Crippen molar-refractivity contribution in [2.75, 3.05) is 11.9 Å². The van der Waals surface area contributed by atoms with Crippen LogP contribution in [0.3, 0.4) is 0 Å². The van der Waals surface area contributed by atoms with E-state index >= 15 is 0 Å². The first-order chi connectivity index (χ1) is 17.5. The molecule has 0 unspecified atom stereocenters. The van der Waals surface area contributed by atoms with Crippen molar-refractivity contribution < 1.29 is 9.21 Å². The van der Waals surface area contributed by atoms with E-state index < -0.39 is 0 Å². The van der Waals surface area contributed by atoms with Crippen molar-refractivity contribution in [2.45, 2.75) is 25.4 Å². The van der Waals surface area contributed by atoms with Crippen molar-refractivity contribution >= 4 is 40.5 Å². The van der Waals surface area contributed by atoms with Crippen molar-refractivity contribution in [1.29, 1.82) is 0 Å². The van der Waals surface area contributed by atoms with Crippen LogP contribution in [0.1, 0.15) is 35.5 Å². The van der Waals surface area contributed by atoms with Gasteiger partial charge in [-0.05, 0) is 85.4 Å². The average Bonchev–Trinajstić information content (AvgIpc) is 3.48. The number of carbonyl (C=O) groups is 1. The fourth-order valence-electron chi connectivity index (χ4n) is 4.40. The first-order valence-corrected chi connectivity index (χ1v) is 12.5. The highest BCUT2D eigenvalue weighted by Gasteiger charge is 2.41. The molecule has 2 aromatic carbocycles. The quantitative estimate of drug-likeness (QED) is 0.281. The Morgan fingerprint density at radius 1 is 1.11 bits per heavy atom. The summed E-state index contributed by atoms with van der Waals surface area (Å²) in [6.45, 7) is 2.42. The number of hydrogen-bond donors (Lipinski definition) is 2. The van der Waals surface area contributed by atoms with E-state index in [1.165, 1.54) is 0 Å². The highest BCUT2D eigenvalue weighted by Crippen LogP contribution is 2.40. The van der Waals surface area contributed by atoms with E-state index in [9.17, 15) is 4.79 Å². The van der Waals surface area contributed by atoms with Gasteiger partial charge in [0.05, 0.1) is 11.7 Å². The second kappa shape index (κ2) is 10.5. The number of rotatable bonds is 7. The number of aromatic nitrogens is 1. The molecule has 1 saturated heterocycles. The summed E-state index contributed by atoms with van der Waals surface area (Å²) in [5.74, 6) is 1.39. The summed E-state index contributed by atoms with van der Waals surface area (Å²) in [7, 11) is 0. The van der Waals surface area contributed by atoms with Gasteiger partial charge in [-0.25, -0.2) is 0 Å². The molecule has 0 aliphatic carbocycles. The number of furan rings is 1. The molecule has 0 spiro atoms. The summed E-state index contributed by atoms with van der Waals surface area (Å²) in [6.07, 6.45) is 2.03. The lowest BCUT2D eigenvalue weighted by Gasteiger charge is -2.25. The van der Waals surface area contributed by atoms with Gasteiger partial charge in [-0.2, -0.15) is 0 Å². The summed E-state index contributed by atoms with van der Waals surface area (Å²) in [5, 5.41) is 7.59. The third-order valence-electron chi connectivity index (χ3n) is 6.13. The number of thiocarbonyl (C=S) groups is 1. The smallest absolute Gasteiger partial charge is 0.226 e. The van der Waals surface area contributed by atoms with E-state index in [-0.39, 0.29) is 24.4 Å². The fourth-order valence-corrected chi connectivity index (χ4v) is 4.86. The zero-order valence-electron chi connectivity index (χ0n) is 19.6. The molecule has 36 heavy (non-hydrogen) atoms. The van der Waals surface area contributed by atoms with Crippen LogP contribution in [0, 0.1) is 6.92 Å². The summed E-state index contributed by atoms with van der Waals surface area (Å²) in [5.41, 5.74) is 3.65. The molecule has 4 aromatic rings. The van der Waals surface area contributed by atoms with Gasteiger partial charge in [0.25, 0.3) is 0 Å². The Kier molecular flexibility index (Phi) is 7.02. The number of pyridine rings is 1. The summed E-state index contributed by atoms with van der Waals surface area (Å²) in [4.78, 5) is 19.3. The van der Waals surface area contributed by atoms with E-state index in [4.69, 9.17) is 28.2 Å². The largest absolute Gasteiger partial charge is 0.459 e. The average molecular weight is 517 g/mol. The molecule has 0 saturated carbocycles. The molecule has 3 heterocycles. The Morgan fingerprint density at radius 3 is 2.69 bits per heavy atom. The molecular weight excluding hydrogens is 492 g/mol. The maximum atomic E-state index is 12.8. The molecule has 1 aliphatic rings. The van der Waals surface area contributed by atoms with Crippen LogP contribution in [0.25, 0.3) is 11.3 Å². The molecule has 0 radical (unpaired) electrons. The van der Waals surface area contributed by atoms with Crippen molar-refractivity contribution in [3.05, 3.63) is 107 Å². The minimum Gasteiger partial charge on any atom is -0.459 e. The van der Waals surface area contributed by atoms with E-state index in [1.54, 1.807) is 6.20 Å². The Bertz CT molecular complexity index is 1370. The molecule has 2 N–H and O–H groups in total. The molecule has 1 fully saturated rings. The molecule has 1 aliphatic heterocycles. The second-order valence-corrected chi connectivity index (χ2v) is 9.52. The van der Waals surface area contributed by atoms with Crippen molar-refractivity contribution in [3.63, 3.8) is 0 Å². The Balaban J connectivity index is 1.39. The number of aryl methyl sites for hydroxylation is 1. The lowest BCUT2D eigenvalue weighted by atomic mass is 10.0. The second-order valence-electron chi connectivity index (χ2n) is 8.70. The lowest BCUT2D eigenvalue weighted by molar-refractivity contribution is -0.116. The first-order valence-electron chi connectivity index (χ1n) is 11.7. The van der Waals surface area contributed by atoms with E-state index in [0.29, 0.717) is 16.7 Å². The molecule has 0 bridgehead atoms. The molecule has 2 aromatic heterocycles. The maximum absolute atomic E-state index is 12.8. The number of carbonyl (C=O) groups excluding carboxylic acids is 1. The van der Waals surface area contributed by atoms with Crippen LogP contribution in [0.2, 0.25) is 5.02 Å². The van der Waals surface area contributed by atoms with E-state index in [1.807, 2.05) is 90.7 Å². The number of hydrogen-bond acceptors (Lipinski definition) is 4. The number of nitrogens with zero attached hydrogens (tertiary/aromatic N) is 2. The summed E-state index contributed by atoms with van der Waals surface area (Å²) < 4.78 is 6.33. The molecule has 5 rings (SSSR count). The fraction of sp³-hybridized carbons (Fsp3) is 0.179. The first kappa shape index (κ1) is 24.0. The van der Waals surface area contributed by atoms with Gasteiger partial charge in [-0.1, -0.05) is 29.8 Å². The van der Waals surface area contributed by atoms with Gasteiger partial charge in [0.1, 0.15) is 17.6 Å². The number of benzene rings is 2. The third-order valence-corrected chi connectivity index (χ3v) is 6.73. The van der Waals surface area contributed by atoms with E-state index in [0.717, 1.165) is 34.0 Å². The molecule has 182 valence electrons. The summed E-state index contributed by atoms with van der Waals surface area (Å²) >= 11 is 11.8. The predicted molar refractivity (Wildman–Crippen MR) is 146 cm³/mol. The topological polar surface area (TPSA) is 70.4 Å². The molecular formula is C28H25ClN4O2S. The van der Waals surface area contributed by atoms with Crippen LogP contribution in [-0.2, 0) is 4.79 Å². The molecule has 8 heteroatoms. The number of anilines is 1. The maximum Gasteiger partial charge on any atom is 0.226 e. The highest BCUT2D eigenvalue weighted by atomic mass is 35.5. The van der Waals surface area contributed by atoms with Gasteiger partial charge in [-0.15, -0.1) is 0 Å². The summed E-state index contributed by atoms with van der Waals surface area (Å²) in [6, 6.07) is 24.5. The minimum atomic E-state index is -0.264. The van der Waals surface area contributed by atoms with Crippen molar-refractivity contribution in [1.82, 2.24) is 15.2 Å². The Labute approximate surface area is 220 Å². The normalized spacial score (nSPS) is 17.2. The van der Waals surface area contributed by atoms with Crippen LogP contribution < -0.4 is 10.6 Å². The Morgan fingerprint density at radius 2 is 1.94 bits per heavy atom. The van der Waals surface area contributed by atoms with Gasteiger partial charge in [0.2, 0.25) is 5.91 Å². The molecule has 6 nitrogen and oxygen atoms in total. The monoisotopic (exact) mass is 516 g/mol. The van der Waals surface area contributed by atoms with Gasteiger partial charge < -0.3 is 20.0 Å². The minimum absolute atomic E-state index is 0.0789. The third kappa shape index (κ3) is 5.27. The standard InChI is InChI=1S/C28H25ClN4O2S/c1-18-5-4-6-21(17-18)31-25(34)14-16-33-27(26(32-28(33)36)22-7-2-3-15-30-22)24-13-12-23(35-24)19-8-10-20(29)11-9-19/h2-13,15,17,26-27H,14,16H2,1H3,(H,31,34)(H,32,36)/t26-,27-/m1/s1. The molecule has 2 atom stereocenters. The Hall–Kier alpha value is -3.68. The van der Waals surface area contributed by atoms with E-state index in [2.05, 4.69) is 15.6 Å². The van der Waals surface area contributed by atoms with Crippen LogP contribution in [0.4, 0.5) is 5.69 Å². The van der Waals surface area contributed by atoms with Crippen molar-refractivity contribution in [2.24, 2.45) is 0 Å². The molecule has 1 amide bonds.